The van der Waals surface area contributed by atoms with Crippen LogP contribution in [0.2, 0.25) is 0 Å². The van der Waals surface area contributed by atoms with Gasteiger partial charge in [0.25, 0.3) is 0 Å². The molecular formula is C16H21NO2. The Labute approximate surface area is 114 Å². The molecule has 0 aliphatic carbocycles. The number of nitrogens with zero attached hydrogens (tertiary/aromatic N) is 1. The highest BCUT2D eigenvalue weighted by Gasteiger charge is 2.15. The highest BCUT2D eigenvalue weighted by molar-refractivity contribution is 5.90. The van der Waals surface area contributed by atoms with Crippen LogP contribution in [0, 0.1) is 13.8 Å². The monoisotopic (exact) mass is 259 g/mol. The van der Waals surface area contributed by atoms with Crippen molar-refractivity contribution in [1.29, 1.82) is 0 Å². The summed E-state index contributed by atoms with van der Waals surface area (Å²) in [6.07, 6.45) is 2.14. The number of fused-ring (bicyclic) bond motifs is 1. The first-order valence-electron chi connectivity index (χ1n) is 6.81. The van der Waals surface area contributed by atoms with Crippen LogP contribution >= 0.6 is 0 Å². The summed E-state index contributed by atoms with van der Waals surface area (Å²) >= 11 is 0. The molecule has 0 radical (unpaired) electrons. The van der Waals surface area contributed by atoms with Gasteiger partial charge in [-0.05, 0) is 44.9 Å². The van der Waals surface area contributed by atoms with E-state index in [2.05, 4.69) is 19.9 Å². The number of aryl methyl sites for hydroxylation is 2. The van der Waals surface area contributed by atoms with Crippen molar-refractivity contribution in [3.8, 4) is 0 Å². The minimum Gasteiger partial charge on any atom is -0.464 e. The highest BCUT2D eigenvalue weighted by Crippen LogP contribution is 2.26. The van der Waals surface area contributed by atoms with Gasteiger partial charge >= 0.3 is 0 Å². The van der Waals surface area contributed by atoms with Gasteiger partial charge in [-0.25, -0.2) is 0 Å². The highest BCUT2D eigenvalue weighted by atomic mass is 16.3. The number of hydrogen-bond acceptors (Lipinski definition) is 2. The second kappa shape index (κ2) is 5.47. The number of rotatable bonds is 4. The quantitative estimate of drug-likeness (QED) is 0.842. The Morgan fingerprint density at radius 2 is 1.89 bits per heavy atom. The Morgan fingerprint density at radius 3 is 2.53 bits per heavy atom. The lowest BCUT2D eigenvalue weighted by atomic mass is 10.0. The standard InChI is InChI=1S/C16H21NO2/c1-5-17(6-2)15(18)9-13-10-19-14-8-11(3)7-12(4)16(13)14/h7-8,10H,5-6,9H2,1-4H3. The Hall–Kier alpha value is -1.77. The zero-order valence-corrected chi connectivity index (χ0v) is 12.1. The SMILES string of the molecule is CCN(CC)C(=O)Cc1coc2cc(C)cc(C)c12. The summed E-state index contributed by atoms with van der Waals surface area (Å²) in [7, 11) is 0. The molecule has 0 unspecified atom stereocenters. The zero-order chi connectivity index (χ0) is 14.0. The molecule has 1 aromatic heterocycles. The van der Waals surface area contributed by atoms with Gasteiger partial charge in [0, 0.05) is 24.0 Å². The molecule has 0 bridgehead atoms. The lowest BCUT2D eigenvalue weighted by Crippen LogP contribution is -2.31. The van der Waals surface area contributed by atoms with Crippen LogP contribution in [0.1, 0.15) is 30.5 Å². The number of carbonyl (C=O) groups is 1. The van der Waals surface area contributed by atoms with E-state index < -0.39 is 0 Å². The molecule has 0 spiro atoms. The molecule has 0 aliphatic heterocycles. The second-order valence-corrected chi connectivity index (χ2v) is 4.96. The summed E-state index contributed by atoms with van der Waals surface area (Å²) in [6.45, 7) is 9.63. The van der Waals surface area contributed by atoms with Crippen molar-refractivity contribution in [3.63, 3.8) is 0 Å². The maximum Gasteiger partial charge on any atom is 0.227 e. The van der Waals surface area contributed by atoms with Crippen molar-refractivity contribution in [2.24, 2.45) is 0 Å². The van der Waals surface area contributed by atoms with Crippen LogP contribution in [-0.4, -0.2) is 23.9 Å². The van der Waals surface area contributed by atoms with E-state index in [1.54, 1.807) is 6.26 Å². The van der Waals surface area contributed by atoms with Crippen molar-refractivity contribution in [1.82, 2.24) is 4.90 Å². The molecule has 0 aliphatic rings. The van der Waals surface area contributed by atoms with E-state index in [9.17, 15) is 4.79 Å². The molecule has 0 saturated heterocycles. The number of furan rings is 1. The minimum atomic E-state index is 0.160. The van der Waals surface area contributed by atoms with Crippen LogP contribution < -0.4 is 0 Å². The molecule has 0 N–H and O–H groups in total. The number of carbonyl (C=O) groups excluding carboxylic acids is 1. The van der Waals surface area contributed by atoms with Crippen molar-refractivity contribution in [2.45, 2.75) is 34.1 Å². The molecule has 1 amide bonds. The number of benzene rings is 1. The molecule has 2 aromatic rings. The van der Waals surface area contributed by atoms with Gasteiger partial charge in [0.15, 0.2) is 0 Å². The van der Waals surface area contributed by atoms with Crippen molar-refractivity contribution in [2.75, 3.05) is 13.1 Å². The number of amides is 1. The Bertz CT molecular complexity index is 594. The normalized spacial score (nSPS) is 10.9. The number of likely N-dealkylation sites (N-methyl/N-ethyl adjacent to an activating group) is 1. The summed E-state index contributed by atoms with van der Waals surface area (Å²) in [5.41, 5.74) is 4.22. The molecule has 0 saturated carbocycles. The third-order valence-electron chi connectivity index (χ3n) is 3.55. The maximum absolute atomic E-state index is 12.2. The van der Waals surface area contributed by atoms with E-state index in [1.165, 1.54) is 11.1 Å². The fourth-order valence-electron chi connectivity index (χ4n) is 2.61. The molecular weight excluding hydrogens is 238 g/mol. The predicted octanol–water partition coefficient (Wildman–Crippen LogP) is 3.46. The van der Waals surface area contributed by atoms with Crippen molar-refractivity contribution >= 4 is 16.9 Å². The average molecular weight is 259 g/mol. The Morgan fingerprint density at radius 1 is 1.21 bits per heavy atom. The van der Waals surface area contributed by atoms with Crippen LogP contribution in [0.25, 0.3) is 11.0 Å². The first-order chi connectivity index (χ1) is 9.06. The van der Waals surface area contributed by atoms with E-state index in [0.29, 0.717) is 6.42 Å². The molecule has 3 heteroatoms. The molecule has 1 heterocycles. The van der Waals surface area contributed by atoms with Gasteiger partial charge in [-0.15, -0.1) is 0 Å². The smallest absolute Gasteiger partial charge is 0.227 e. The third-order valence-corrected chi connectivity index (χ3v) is 3.55. The lowest BCUT2D eigenvalue weighted by Gasteiger charge is -2.18. The zero-order valence-electron chi connectivity index (χ0n) is 12.1. The second-order valence-electron chi connectivity index (χ2n) is 4.96. The predicted molar refractivity (Wildman–Crippen MR) is 77.3 cm³/mol. The largest absolute Gasteiger partial charge is 0.464 e. The van der Waals surface area contributed by atoms with Gasteiger partial charge < -0.3 is 9.32 Å². The maximum atomic E-state index is 12.2. The van der Waals surface area contributed by atoms with Crippen LogP contribution in [-0.2, 0) is 11.2 Å². The molecule has 102 valence electrons. The molecule has 3 nitrogen and oxygen atoms in total. The summed E-state index contributed by atoms with van der Waals surface area (Å²) in [4.78, 5) is 14.0. The minimum absolute atomic E-state index is 0.160. The van der Waals surface area contributed by atoms with Gasteiger partial charge in [-0.1, -0.05) is 6.07 Å². The third kappa shape index (κ3) is 2.65. The van der Waals surface area contributed by atoms with Gasteiger partial charge in [0.05, 0.1) is 12.7 Å². The van der Waals surface area contributed by atoms with Gasteiger partial charge in [-0.2, -0.15) is 0 Å². The first kappa shape index (κ1) is 13.7. The van der Waals surface area contributed by atoms with Crippen molar-refractivity contribution in [3.05, 3.63) is 35.1 Å². The topological polar surface area (TPSA) is 33.5 Å². The van der Waals surface area contributed by atoms with Gasteiger partial charge in [0.1, 0.15) is 5.58 Å². The van der Waals surface area contributed by atoms with E-state index >= 15 is 0 Å². The van der Waals surface area contributed by atoms with Crippen LogP contribution in [0.5, 0.6) is 0 Å². The summed E-state index contributed by atoms with van der Waals surface area (Å²) in [5.74, 6) is 0.160. The lowest BCUT2D eigenvalue weighted by molar-refractivity contribution is -0.130. The Kier molecular flexibility index (Phi) is 3.93. The molecule has 1 aromatic carbocycles. The fraction of sp³-hybridized carbons (Fsp3) is 0.438. The van der Waals surface area contributed by atoms with E-state index in [4.69, 9.17) is 4.42 Å². The van der Waals surface area contributed by atoms with E-state index in [-0.39, 0.29) is 5.91 Å². The van der Waals surface area contributed by atoms with E-state index in [0.717, 1.165) is 29.6 Å². The van der Waals surface area contributed by atoms with E-state index in [1.807, 2.05) is 24.8 Å². The summed E-state index contributed by atoms with van der Waals surface area (Å²) < 4.78 is 5.59. The van der Waals surface area contributed by atoms with Gasteiger partial charge in [-0.3, -0.25) is 4.79 Å². The van der Waals surface area contributed by atoms with Gasteiger partial charge in [0.2, 0.25) is 5.91 Å². The molecule has 2 rings (SSSR count). The van der Waals surface area contributed by atoms with Crippen LogP contribution in [0.15, 0.2) is 22.8 Å². The number of hydrogen-bond donors (Lipinski definition) is 0. The average Bonchev–Trinajstić information content (AvgIpc) is 2.73. The molecule has 19 heavy (non-hydrogen) atoms. The molecule has 0 fully saturated rings. The summed E-state index contributed by atoms with van der Waals surface area (Å²) in [5, 5.41) is 1.09. The molecule has 0 atom stereocenters. The first-order valence-corrected chi connectivity index (χ1v) is 6.81. The summed E-state index contributed by atoms with van der Waals surface area (Å²) in [6, 6.07) is 4.15. The fourth-order valence-corrected chi connectivity index (χ4v) is 2.61. The van der Waals surface area contributed by atoms with Crippen LogP contribution in [0.3, 0.4) is 0 Å². The van der Waals surface area contributed by atoms with Crippen LogP contribution in [0.4, 0.5) is 0 Å². The Balaban J connectivity index is 2.34. The van der Waals surface area contributed by atoms with Crippen molar-refractivity contribution < 1.29 is 9.21 Å².